The molecule has 1 aliphatic heterocycles. The zero-order chi connectivity index (χ0) is 17.4. The number of hydrogen-bond acceptors (Lipinski definition) is 4. The first-order valence-corrected chi connectivity index (χ1v) is 8.36. The Kier molecular flexibility index (Phi) is 4.69. The molecule has 2 amide bonds. The Morgan fingerprint density at radius 2 is 1.96 bits per heavy atom. The summed E-state index contributed by atoms with van der Waals surface area (Å²) in [5.74, 6) is -4.03. The summed E-state index contributed by atoms with van der Waals surface area (Å²) in [6.45, 7) is 1.61. The van der Waals surface area contributed by atoms with Crippen molar-refractivity contribution in [2.24, 2.45) is 5.92 Å². The van der Waals surface area contributed by atoms with Gasteiger partial charge in [0, 0.05) is 25.9 Å². The second-order valence-electron chi connectivity index (χ2n) is 5.51. The van der Waals surface area contributed by atoms with Crippen LogP contribution in [0.1, 0.15) is 18.4 Å². The van der Waals surface area contributed by atoms with Crippen molar-refractivity contribution in [1.82, 2.24) is 9.62 Å². The summed E-state index contributed by atoms with van der Waals surface area (Å²) < 4.78 is 53.1. The van der Waals surface area contributed by atoms with Gasteiger partial charge in [-0.3, -0.25) is 9.59 Å². The molecule has 1 aliphatic rings. The highest BCUT2D eigenvalue weighted by atomic mass is 32.2. The fourth-order valence-electron chi connectivity index (χ4n) is 2.27. The Morgan fingerprint density at radius 3 is 2.57 bits per heavy atom. The van der Waals surface area contributed by atoms with Crippen LogP contribution in [0.4, 0.5) is 8.78 Å². The molecule has 1 heterocycles. The third-order valence-corrected chi connectivity index (χ3v) is 5.13. The number of likely N-dealkylation sites (tertiary alicyclic amines) is 1. The minimum absolute atomic E-state index is 0.0475. The summed E-state index contributed by atoms with van der Waals surface area (Å²) in [6, 6.07) is 1.27. The highest BCUT2D eigenvalue weighted by Gasteiger charge is 2.32. The van der Waals surface area contributed by atoms with Gasteiger partial charge in [0.25, 0.3) is 10.0 Å². The van der Waals surface area contributed by atoms with E-state index in [1.165, 1.54) is 11.8 Å². The smallest absolute Gasteiger partial charge is 0.267 e. The average molecular weight is 346 g/mol. The van der Waals surface area contributed by atoms with E-state index in [1.807, 2.05) is 0 Å². The molecule has 0 radical (unpaired) electrons. The molecule has 1 aromatic carbocycles. The Labute approximate surface area is 132 Å². The molecule has 1 fully saturated rings. The first kappa shape index (κ1) is 17.3. The Morgan fingerprint density at radius 1 is 1.30 bits per heavy atom. The predicted molar refractivity (Wildman–Crippen MR) is 76.8 cm³/mol. The maximum absolute atomic E-state index is 13.8. The second-order valence-corrected chi connectivity index (χ2v) is 7.16. The maximum Gasteiger partial charge on any atom is 0.267 e. The summed E-state index contributed by atoms with van der Waals surface area (Å²) in [5, 5.41) is 0. The van der Waals surface area contributed by atoms with Gasteiger partial charge in [0.05, 0.1) is 0 Å². The molecule has 1 aromatic rings. The Balaban J connectivity index is 2.20. The van der Waals surface area contributed by atoms with Crippen molar-refractivity contribution in [1.29, 1.82) is 0 Å². The van der Waals surface area contributed by atoms with Crippen molar-refractivity contribution in [3.8, 4) is 0 Å². The molecule has 6 nitrogen and oxygen atoms in total. The van der Waals surface area contributed by atoms with Gasteiger partial charge in [-0.15, -0.1) is 0 Å². The molecule has 23 heavy (non-hydrogen) atoms. The molecule has 0 bridgehead atoms. The number of benzene rings is 1. The Bertz CT molecular complexity index is 764. The molecule has 126 valence electrons. The van der Waals surface area contributed by atoms with E-state index in [0.29, 0.717) is 19.0 Å². The molecule has 1 atom stereocenters. The number of aryl methyl sites for hydroxylation is 1. The minimum Gasteiger partial charge on any atom is -0.346 e. The number of amides is 2. The average Bonchev–Trinajstić information content (AvgIpc) is 2.45. The van der Waals surface area contributed by atoms with E-state index in [-0.39, 0.29) is 17.9 Å². The summed E-state index contributed by atoms with van der Waals surface area (Å²) in [7, 11) is -2.97. The van der Waals surface area contributed by atoms with Gasteiger partial charge in [0.2, 0.25) is 11.8 Å². The fraction of sp³-hybridized carbons (Fsp3) is 0.429. The van der Waals surface area contributed by atoms with Crippen LogP contribution in [-0.4, -0.2) is 38.7 Å². The number of sulfonamides is 1. The number of carbonyl (C=O) groups excluding carboxylic acids is 2. The number of carbonyl (C=O) groups is 2. The fourth-order valence-corrected chi connectivity index (χ4v) is 3.39. The van der Waals surface area contributed by atoms with E-state index >= 15 is 0 Å². The van der Waals surface area contributed by atoms with E-state index in [1.54, 1.807) is 11.8 Å². The molecule has 0 aromatic heterocycles. The largest absolute Gasteiger partial charge is 0.346 e. The van der Waals surface area contributed by atoms with Crippen molar-refractivity contribution in [2.75, 3.05) is 13.6 Å². The second kappa shape index (κ2) is 6.23. The summed E-state index contributed by atoms with van der Waals surface area (Å²) in [4.78, 5) is 24.1. The summed E-state index contributed by atoms with van der Waals surface area (Å²) in [6.07, 6.45) is 0.178. The van der Waals surface area contributed by atoms with Crippen LogP contribution in [0.3, 0.4) is 0 Å². The first-order chi connectivity index (χ1) is 10.6. The standard InChI is InChI=1S/C14H16F2N2O4S/c1-8-5-11(16)12(7-10(8)15)23(21,22)17-14(20)9-3-4-18(2)13(19)6-9/h5,7,9H,3-4,6H2,1-2H3,(H,17,20). The van der Waals surface area contributed by atoms with Gasteiger partial charge in [0.1, 0.15) is 16.5 Å². The molecule has 1 saturated heterocycles. The van der Waals surface area contributed by atoms with Crippen LogP contribution >= 0.6 is 0 Å². The van der Waals surface area contributed by atoms with E-state index in [2.05, 4.69) is 0 Å². The summed E-state index contributed by atoms with van der Waals surface area (Å²) in [5.41, 5.74) is -0.0475. The SMILES string of the molecule is Cc1cc(F)c(S(=O)(=O)NC(=O)C2CCN(C)C(=O)C2)cc1F. The molecular weight excluding hydrogens is 330 g/mol. The third-order valence-electron chi connectivity index (χ3n) is 3.77. The lowest BCUT2D eigenvalue weighted by Gasteiger charge is -2.27. The van der Waals surface area contributed by atoms with Gasteiger partial charge in [-0.2, -0.15) is 0 Å². The maximum atomic E-state index is 13.8. The topological polar surface area (TPSA) is 83.6 Å². The lowest BCUT2D eigenvalue weighted by molar-refractivity contribution is -0.138. The highest BCUT2D eigenvalue weighted by molar-refractivity contribution is 7.90. The van der Waals surface area contributed by atoms with Crippen molar-refractivity contribution < 1.29 is 26.8 Å². The third kappa shape index (κ3) is 3.66. The molecule has 0 saturated carbocycles. The first-order valence-electron chi connectivity index (χ1n) is 6.88. The zero-order valence-corrected chi connectivity index (χ0v) is 13.4. The molecule has 9 heteroatoms. The quantitative estimate of drug-likeness (QED) is 0.883. The predicted octanol–water partition coefficient (Wildman–Crippen LogP) is 0.947. The van der Waals surface area contributed by atoms with Crippen molar-refractivity contribution in [3.63, 3.8) is 0 Å². The van der Waals surface area contributed by atoms with Gasteiger partial charge in [-0.05, 0) is 31.0 Å². The normalized spacial score (nSPS) is 18.9. The zero-order valence-electron chi connectivity index (χ0n) is 12.6. The molecule has 0 spiro atoms. The number of nitrogens with one attached hydrogen (secondary N) is 1. The van der Waals surface area contributed by atoms with Crippen LogP contribution in [0.2, 0.25) is 0 Å². The molecular formula is C14H16F2N2O4S. The van der Waals surface area contributed by atoms with Crippen LogP contribution in [-0.2, 0) is 19.6 Å². The molecule has 1 N–H and O–H groups in total. The van der Waals surface area contributed by atoms with E-state index < -0.39 is 38.4 Å². The van der Waals surface area contributed by atoms with Crippen LogP contribution in [0.25, 0.3) is 0 Å². The van der Waals surface area contributed by atoms with E-state index in [0.717, 1.165) is 6.07 Å². The van der Waals surface area contributed by atoms with Crippen LogP contribution in [0, 0.1) is 24.5 Å². The highest BCUT2D eigenvalue weighted by Crippen LogP contribution is 2.21. The number of rotatable bonds is 3. The molecule has 1 unspecified atom stereocenters. The van der Waals surface area contributed by atoms with E-state index in [9.17, 15) is 26.8 Å². The van der Waals surface area contributed by atoms with Crippen LogP contribution in [0.5, 0.6) is 0 Å². The van der Waals surface area contributed by atoms with E-state index in [4.69, 9.17) is 0 Å². The lowest BCUT2D eigenvalue weighted by atomic mass is 9.96. The van der Waals surface area contributed by atoms with Crippen molar-refractivity contribution in [3.05, 3.63) is 29.3 Å². The minimum atomic E-state index is -4.55. The van der Waals surface area contributed by atoms with Crippen molar-refractivity contribution in [2.45, 2.75) is 24.7 Å². The van der Waals surface area contributed by atoms with Gasteiger partial charge < -0.3 is 4.90 Å². The number of halogens is 2. The van der Waals surface area contributed by atoms with Crippen LogP contribution in [0.15, 0.2) is 17.0 Å². The Hall–Kier alpha value is -2.03. The number of piperidine rings is 1. The molecule has 0 aliphatic carbocycles. The number of nitrogens with zero attached hydrogens (tertiary/aromatic N) is 1. The van der Waals surface area contributed by atoms with Gasteiger partial charge in [-0.25, -0.2) is 21.9 Å². The van der Waals surface area contributed by atoms with Gasteiger partial charge in [-0.1, -0.05) is 0 Å². The van der Waals surface area contributed by atoms with Crippen molar-refractivity contribution >= 4 is 21.8 Å². The van der Waals surface area contributed by atoms with Gasteiger partial charge in [0.15, 0.2) is 0 Å². The summed E-state index contributed by atoms with van der Waals surface area (Å²) >= 11 is 0. The van der Waals surface area contributed by atoms with Crippen LogP contribution < -0.4 is 4.72 Å². The monoisotopic (exact) mass is 346 g/mol. The van der Waals surface area contributed by atoms with Gasteiger partial charge >= 0.3 is 0 Å². The number of hydrogen-bond donors (Lipinski definition) is 1. The molecule has 2 rings (SSSR count). The lowest BCUT2D eigenvalue weighted by Crippen LogP contribution is -2.43.